The fourth-order valence-electron chi connectivity index (χ4n) is 1.81. The van der Waals surface area contributed by atoms with Crippen LogP contribution < -0.4 is 5.32 Å². The minimum absolute atomic E-state index is 0.374. The summed E-state index contributed by atoms with van der Waals surface area (Å²) in [5.41, 5.74) is 1.26. The highest BCUT2D eigenvalue weighted by molar-refractivity contribution is 6.30. The SMILES string of the molecule is CCC(CC)CNC(C)c1cccc(Cl)c1. The first-order valence-corrected chi connectivity index (χ1v) is 6.54. The van der Waals surface area contributed by atoms with Gasteiger partial charge in [0.1, 0.15) is 0 Å². The van der Waals surface area contributed by atoms with E-state index in [1.165, 1.54) is 18.4 Å². The molecule has 0 aromatic heterocycles. The molecule has 0 radical (unpaired) electrons. The summed E-state index contributed by atoms with van der Waals surface area (Å²) in [5, 5.41) is 4.38. The maximum absolute atomic E-state index is 5.98. The quantitative estimate of drug-likeness (QED) is 0.775. The Kier molecular flexibility index (Phi) is 5.86. The Hall–Kier alpha value is -0.530. The lowest BCUT2D eigenvalue weighted by molar-refractivity contribution is 0.422. The molecule has 16 heavy (non-hydrogen) atoms. The van der Waals surface area contributed by atoms with Gasteiger partial charge >= 0.3 is 0 Å². The van der Waals surface area contributed by atoms with Gasteiger partial charge in [0, 0.05) is 11.1 Å². The zero-order chi connectivity index (χ0) is 12.0. The van der Waals surface area contributed by atoms with Crippen molar-refractivity contribution in [3.05, 3.63) is 34.9 Å². The fraction of sp³-hybridized carbons (Fsp3) is 0.571. The zero-order valence-electron chi connectivity index (χ0n) is 10.5. The summed E-state index contributed by atoms with van der Waals surface area (Å²) in [6, 6.07) is 8.45. The van der Waals surface area contributed by atoms with Crippen molar-refractivity contribution in [2.45, 2.75) is 39.7 Å². The lowest BCUT2D eigenvalue weighted by atomic mass is 10.0. The molecule has 0 saturated carbocycles. The van der Waals surface area contributed by atoms with Crippen molar-refractivity contribution in [3.63, 3.8) is 0 Å². The Bertz CT molecular complexity index is 307. The van der Waals surface area contributed by atoms with Crippen molar-refractivity contribution in [3.8, 4) is 0 Å². The van der Waals surface area contributed by atoms with Crippen molar-refractivity contribution < 1.29 is 0 Å². The molecule has 2 heteroatoms. The summed E-state index contributed by atoms with van der Waals surface area (Å²) >= 11 is 5.98. The smallest absolute Gasteiger partial charge is 0.0409 e. The summed E-state index contributed by atoms with van der Waals surface area (Å²) in [5.74, 6) is 0.779. The van der Waals surface area contributed by atoms with Crippen LogP contribution in [0.25, 0.3) is 0 Å². The third kappa shape index (κ3) is 4.15. The minimum atomic E-state index is 0.374. The Labute approximate surface area is 104 Å². The molecule has 0 aliphatic carbocycles. The number of halogens is 1. The van der Waals surface area contributed by atoms with E-state index >= 15 is 0 Å². The molecule has 0 aliphatic heterocycles. The van der Waals surface area contributed by atoms with Gasteiger partial charge in [-0.3, -0.25) is 0 Å². The van der Waals surface area contributed by atoms with E-state index < -0.39 is 0 Å². The van der Waals surface area contributed by atoms with Gasteiger partial charge in [0.05, 0.1) is 0 Å². The van der Waals surface area contributed by atoms with E-state index in [-0.39, 0.29) is 0 Å². The average molecular weight is 240 g/mol. The Morgan fingerprint density at radius 3 is 2.50 bits per heavy atom. The van der Waals surface area contributed by atoms with Gasteiger partial charge in [-0.2, -0.15) is 0 Å². The maximum atomic E-state index is 5.98. The van der Waals surface area contributed by atoms with Crippen LogP contribution in [0.1, 0.15) is 45.2 Å². The first-order valence-electron chi connectivity index (χ1n) is 6.16. The number of benzene rings is 1. The number of hydrogen-bond donors (Lipinski definition) is 1. The van der Waals surface area contributed by atoms with Gasteiger partial charge in [-0.15, -0.1) is 0 Å². The van der Waals surface area contributed by atoms with Crippen molar-refractivity contribution in [1.82, 2.24) is 5.32 Å². The molecule has 0 bridgehead atoms. The molecule has 90 valence electrons. The van der Waals surface area contributed by atoms with Crippen molar-refractivity contribution >= 4 is 11.6 Å². The van der Waals surface area contributed by atoms with Crippen molar-refractivity contribution in [2.75, 3.05) is 6.54 Å². The standard InChI is InChI=1S/C14H22ClN/c1-4-12(5-2)10-16-11(3)13-7-6-8-14(15)9-13/h6-9,11-12,16H,4-5,10H2,1-3H3. The normalized spacial score (nSPS) is 13.1. The lowest BCUT2D eigenvalue weighted by Gasteiger charge is -2.19. The molecular weight excluding hydrogens is 218 g/mol. The molecule has 1 unspecified atom stereocenters. The van der Waals surface area contributed by atoms with E-state index in [1.54, 1.807) is 0 Å². The largest absolute Gasteiger partial charge is 0.310 e. The van der Waals surface area contributed by atoms with Crippen molar-refractivity contribution in [2.24, 2.45) is 5.92 Å². The molecule has 1 N–H and O–H groups in total. The summed E-state index contributed by atoms with van der Waals surface area (Å²) in [4.78, 5) is 0. The van der Waals surface area contributed by atoms with E-state index in [9.17, 15) is 0 Å². The number of hydrogen-bond acceptors (Lipinski definition) is 1. The topological polar surface area (TPSA) is 12.0 Å². The highest BCUT2D eigenvalue weighted by Crippen LogP contribution is 2.18. The van der Waals surface area contributed by atoms with E-state index in [4.69, 9.17) is 11.6 Å². The van der Waals surface area contributed by atoms with E-state index in [0.717, 1.165) is 17.5 Å². The third-order valence-corrected chi connectivity index (χ3v) is 3.45. The third-order valence-electron chi connectivity index (χ3n) is 3.22. The molecule has 0 aliphatic rings. The van der Waals surface area contributed by atoms with Gasteiger partial charge < -0.3 is 5.32 Å². The van der Waals surface area contributed by atoms with Crippen LogP contribution in [0, 0.1) is 5.92 Å². The van der Waals surface area contributed by atoms with Crippen LogP contribution in [0.2, 0.25) is 5.02 Å². The van der Waals surface area contributed by atoms with E-state index in [2.05, 4.69) is 32.2 Å². The summed E-state index contributed by atoms with van der Waals surface area (Å²) in [6.45, 7) is 7.77. The van der Waals surface area contributed by atoms with Crippen LogP contribution in [0.5, 0.6) is 0 Å². The van der Waals surface area contributed by atoms with Crippen LogP contribution in [0.4, 0.5) is 0 Å². The molecule has 0 heterocycles. The Morgan fingerprint density at radius 1 is 1.25 bits per heavy atom. The van der Waals surface area contributed by atoms with Gasteiger partial charge in [-0.05, 0) is 37.1 Å². The molecule has 0 fully saturated rings. The second-order valence-corrected chi connectivity index (χ2v) is 4.80. The second-order valence-electron chi connectivity index (χ2n) is 4.37. The number of nitrogens with one attached hydrogen (secondary N) is 1. The predicted molar refractivity (Wildman–Crippen MR) is 71.9 cm³/mol. The number of rotatable bonds is 6. The monoisotopic (exact) mass is 239 g/mol. The molecule has 1 rings (SSSR count). The Balaban J connectivity index is 2.49. The summed E-state index contributed by atoms with van der Waals surface area (Å²) in [6.07, 6.45) is 2.48. The average Bonchev–Trinajstić information content (AvgIpc) is 2.30. The van der Waals surface area contributed by atoms with Gasteiger partial charge in [0.2, 0.25) is 0 Å². The molecule has 0 saturated heterocycles. The zero-order valence-corrected chi connectivity index (χ0v) is 11.2. The molecule has 0 amide bonds. The lowest BCUT2D eigenvalue weighted by Crippen LogP contribution is -2.25. The van der Waals surface area contributed by atoms with Crippen molar-refractivity contribution in [1.29, 1.82) is 0 Å². The van der Waals surface area contributed by atoms with Crippen LogP contribution in [-0.2, 0) is 0 Å². The van der Waals surface area contributed by atoms with E-state index in [1.807, 2.05) is 18.2 Å². The highest BCUT2D eigenvalue weighted by Gasteiger charge is 2.08. The maximum Gasteiger partial charge on any atom is 0.0409 e. The van der Waals surface area contributed by atoms with E-state index in [0.29, 0.717) is 6.04 Å². The van der Waals surface area contributed by atoms with Crippen LogP contribution in [-0.4, -0.2) is 6.54 Å². The molecule has 1 nitrogen and oxygen atoms in total. The van der Waals surface area contributed by atoms with Gasteiger partial charge in [0.25, 0.3) is 0 Å². The summed E-state index contributed by atoms with van der Waals surface area (Å²) in [7, 11) is 0. The van der Waals surface area contributed by atoms with Crippen LogP contribution in [0.3, 0.4) is 0 Å². The second kappa shape index (κ2) is 6.93. The molecule has 1 aromatic rings. The van der Waals surface area contributed by atoms with Gasteiger partial charge in [0.15, 0.2) is 0 Å². The molecular formula is C14H22ClN. The minimum Gasteiger partial charge on any atom is -0.310 e. The van der Waals surface area contributed by atoms with Crippen LogP contribution >= 0.6 is 11.6 Å². The highest BCUT2D eigenvalue weighted by atomic mass is 35.5. The van der Waals surface area contributed by atoms with Gasteiger partial charge in [-0.1, -0.05) is 50.4 Å². The Morgan fingerprint density at radius 2 is 1.94 bits per heavy atom. The predicted octanol–water partition coefficient (Wildman–Crippen LogP) is 4.43. The first-order chi connectivity index (χ1) is 7.67. The molecule has 0 spiro atoms. The van der Waals surface area contributed by atoms with Gasteiger partial charge in [-0.25, -0.2) is 0 Å². The molecule has 1 atom stereocenters. The van der Waals surface area contributed by atoms with Crippen LogP contribution in [0.15, 0.2) is 24.3 Å². The molecule has 1 aromatic carbocycles. The first kappa shape index (κ1) is 13.5. The fourth-order valence-corrected chi connectivity index (χ4v) is 2.01. The summed E-state index contributed by atoms with van der Waals surface area (Å²) < 4.78 is 0.